The van der Waals surface area contributed by atoms with Crippen molar-refractivity contribution in [2.45, 2.75) is 19.8 Å². The largest absolute Gasteiger partial charge is 0.457 e. The molecule has 1 saturated heterocycles. The average molecular weight is 522 g/mol. The van der Waals surface area contributed by atoms with Crippen LogP contribution in [0.25, 0.3) is 0 Å². The number of nitroso groups, excluding NO2 is 1. The maximum absolute atomic E-state index is 13.4. The molecule has 1 unspecified atom stereocenters. The normalized spacial score (nSPS) is 16.1. The summed E-state index contributed by atoms with van der Waals surface area (Å²) < 4.78 is 5.81. The molecule has 37 heavy (non-hydrogen) atoms. The van der Waals surface area contributed by atoms with Crippen LogP contribution in [0, 0.1) is 10.8 Å². The molecule has 11 heteroatoms. The number of imide groups is 1. The zero-order valence-electron chi connectivity index (χ0n) is 19.8. The molecule has 0 aliphatic carbocycles. The lowest BCUT2D eigenvalue weighted by molar-refractivity contribution is -0.121. The molecule has 0 aromatic heterocycles. The van der Waals surface area contributed by atoms with Gasteiger partial charge in [-0.25, -0.2) is 14.5 Å². The van der Waals surface area contributed by atoms with Gasteiger partial charge in [0.25, 0.3) is 5.91 Å². The van der Waals surface area contributed by atoms with Crippen molar-refractivity contribution in [1.29, 1.82) is 0 Å². The third-order valence-electron chi connectivity index (χ3n) is 5.66. The van der Waals surface area contributed by atoms with E-state index >= 15 is 0 Å². The number of urea groups is 2. The SMILES string of the molecule is C[C@@H](CN1C(=O)NC(Nc2ccc(Oc3ccccc3)cc2)N(Cc2ccc(Cl)cc2)C1=O)C(=O)N=O. The maximum Gasteiger partial charge on any atom is 0.331 e. The number of carbonyl (C=O) groups excluding carboxylic acids is 3. The fraction of sp³-hybridized carbons (Fsp3) is 0.192. The highest BCUT2D eigenvalue weighted by Gasteiger charge is 2.39. The van der Waals surface area contributed by atoms with Gasteiger partial charge in [-0.2, -0.15) is 0 Å². The van der Waals surface area contributed by atoms with E-state index in [9.17, 15) is 19.3 Å². The number of hydrogen-bond donors (Lipinski definition) is 2. The summed E-state index contributed by atoms with van der Waals surface area (Å²) in [5.41, 5.74) is 1.40. The van der Waals surface area contributed by atoms with Crippen molar-refractivity contribution in [3.63, 3.8) is 0 Å². The van der Waals surface area contributed by atoms with Gasteiger partial charge in [-0.05, 0) is 54.1 Å². The molecule has 2 atom stereocenters. The summed E-state index contributed by atoms with van der Waals surface area (Å²) in [6.07, 6.45) is -0.900. The molecular weight excluding hydrogens is 498 g/mol. The molecule has 190 valence electrons. The van der Waals surface area contributed by atoms with Crippen molar-refractivity contribution in [3.05, 3.63) is 94.4 Å². The van der Waals surface area contributed by atoms with Gasteiger partial charge < -0.3 is 10.1 Å². The highest BCUT2D eigenvalue weighted by molar-refractivity contribution is 6.30. The van der Waals surface area contributed by atoms with E-state index in [1.54, 1.807) is 48.5 Å². The van der Waals surface area contributed by atoms with Crippen LogP contribution in [0.15, 0.2) is 84.0 Å². The summed E-state index contributed by atoms with van der Waals surface area (Å²) in [5, 5.41) is 8.84. The number of para-hydroxylation sites is 1. The molecule has 1 fully saturated rings. The quantitative estimate of drug-likeness (QED) is 0.363. The Labute approximate surface area is 218 Å². The lowest BCUT2D eigenvalue weighted by atomic mass is 10.1. The van der Waals surface area contributed by atoms with Crippen LogP contribution in [-0.2, 0) is 11.3 Å². The van der Waals surface area contributed by atoms with E-state index in [1.165, 1.54) is 11.8 Å². The van der Waals surface area contributed by atoms with Gasteiger partial charge in [-0.1, -0.05) is 48.9 Å². The number of nitrogens with zero attached hydrogens (tertiary/aromatic N) is 3. The van der Waals surface area contributed by atoms with Crippen molar-refractivity contribution in [2.24, 2.45) is 11.1 Å². The fourth-order valence-electron chi connectivity index (χ4n) is 3.69. The number of hydrogen-bond acceptors (Lipinski definition) is 6. The number of carbonyl (C=O) groups is 3. The summed E-state index contributed by atoms with van der Waals surface area (Å²) >= 11 is 5.99. The molecule has 1 aliphatic rings. The zero-order chi connectivity index (χ0) is 26.4. The zero-order valence-corrected chi connectivity index (χ0v) is 20.6. The van der Waals surface area contributed by atoms with Gasteiger partial charge in [0.05, 0.1) is 12.5 Å². The summed E-state index contributed by atoms with van der Waals surface area (Å²) in [7, 11) is 0. The van der Waals surface area contributed by atoms with Gasteiger partial charge in [0.15, 0.2) is 6.29 Å². The average Bonchev–Trinajstić information content (AvgIpc) is 2.91. The second kappa shape index (κ2) is 11.5. The van der Waals surface area contributed by atoms with Crippen molar-refractivity contribution < 1.29 is 19.1 Å². The van der Waals surface area contributed by atoms with Crippen LogP contribution in [0.1, 0.15) is 12.5 Å². The number of amides is 5. The molecule has 1 aliphatic heterocycles. The van der Waals surface area contributed by atoms with E-state index in [0.29, 0.717) is 22.2 Å². The van der Waals surface area contributed by atoms with E-state index in [1.807, 2.05) is 30.3 Å². The highest BCUT2D eigenvalue weighted by Crippen LogP contribution is 2.24. The Morgan fingerprint density at radius 1 is 1.03 bits per heavy atom. The molecule has 0 saturated carbocycles. The minimum absolute atomic E-state index is 0.133. The second-order valence-electron chi connectivity index (χ2n) is 8.41. The Balaban J connectivity index is 1.53. The Kier molecular flexibility index (Phi) is 7.99. The van der Waals surface area contributed by atoms with E-state index in [2.05, 4.69) is 15.8 Å². The first-order valence-electron chi connectivity index (χ1n) is 11.4. The van der Waals surface area contributed by atoms with E-state index in [-0.39, 0.29) is 13.1 Å². The Morgan fingerprint density at radius 2 is 1.68 bits per heavy atom. The standard InChI is InChI=1S/C26H24ClN5O5/c1-17(23(33)30-36)15-32-25(34)29-24(31(26(32)35)16-18-7-9-19(27)10-8-18)28-20-11-13-22(14-12-20)37-21-5-3-2-4-6-21/h2-14,17,24,28H,15-16H2,1H3,(H,29,34)/t17-,24?/m0/s1. The van der Waals surface area contributed by atoms with Crippen molar-refractivity contribution in [2.75, 3.05) is 11.9 Å². The lowest BCUT2D eigenvalue weighted by Gasteiger charge is -2.41. The van der Waals surface area contributed by atoms with Crippen LogP contribution >= 0.6 is 11.6 Å². The molecule has 0 radical (unpaired) electrons. The number of rotatable bonds is 9. The molecule has 0 bridgehead atoms. The van der Waals surface area contributed by atoms with Crippen LogP contribution in [0.3, 0.4) is 0 Å². The van der Waals surface area contributed by atoms with Gasteiger partial charge in [-0.3, -0.25) is 15.0 Å². The number of ether oxygens (including phenoxy) is 1. The summed E-state index contributed by atoms with van der Waals surface area (Å²) in [6.45, 7) is 1.27. The lowest BCUT2D eigenvalue weighted by Crippen LogP contribution is -2.67. The monoisotopic (exact) mass is 521 g/mol. The van der Waals surface area contributed by atoms with Gasteiger partial charge in [0, 0.05) is 22.4 Å². The number of anilines is 1. The minimum atomic E-state index is -0.942. The van der Waals surface area contributed by atoms with Crippen LogP contribution in [0.4, 0.5) is 15.3 Å². The Morgan fingerprint density at radius 3 is 2.32 bits per heavy atom. The molecule has 3 aromatic rings. The third kappa shape index (κ3) is 6.42. The Hall–Kier alpha value is -4.44. The van der Waals surface area contributed by atoms with E-state index in [0.717, 1.165) is 10.5 Å². The predicted octanol–water partition coefficient (Wildman–Crippen LogP) is 5.40. The summed E-state index contributed by atoms with van der Waals surface area (Å²) in [6, 6.07) is 22.0. The molecule has 2 N–H and O–H groups in total. The highest BCUT2D eigenvalue weighted by atomic mass is 35.5. The number of nitrogens with one attached hydrogen (secondary N) is 2. The minimum Gasteiger partial charge on any atom is -0.457 e. The summed E-state index contributed by atoms with van der Waals surface area (Å²) in [5.74, 6) is -0.568. The van der Waals surface area contributed by atoms with Crippen LogP contribution in [0.5, 0.6) is 11.5 Å². The predicted molar refractivity (Wildman–Crippen MR) is 138 cm³/mol. The van der Waals surface area contributed by atoms with Crippen molar-refractivity contribution in [3.8, 4) is 11.5 Å². The van der Waals surface area contributed by atoms with Gasteiger partial charge in [0.1, 0.15) is 11.5 Å². The first kappa shape index (κ1) is 25.6. The Bertz CT molecular complexity index is 1270. The summed E-state index contributed by atoms with van der Waals surface area (Å²) in [4.78, 5) is 50.8. The van der Waals surface area contributed by atoms with Gasteiger partial charge in [0.2, 0.25) is 0 Å². The molecule has 1 heterocycles. The first-order valence-corrected chi connectivity index (χ1v) is 11.8. The molecule has 0 spiro atoms. The second-order valence-corrected chi connectivity index (χ2v) is 8.85. The van der Waals surface area contributed by atoms with Crippen LogP contribution < -0.4 is 15.4 Å². The van der Waals surface area contributed by atoms with Gasteiger partial charge in [-0.15, -0.1) is 4.91 Å². The third-order valence-corrected chi connectivity index (χ3v) is 5.92. The first-order chi connectivity index (χ1) is 17.8. The van der Waals surface area contributed by atoms with Gasteiger partial charge >= 0.3 is 12.1 Å². The molecule has 5 amide bonds. The van der Waals surface area contributed by atoms with E-state index in [4.69, 9.17) is 16.3 Å². The van der Waals surface area contributed by atoms with E-state index < -0.39 is 30.2 Å². The topological polar surface area (TPSA) is 120 Å². The van der Waals surface area contributed by atoms with Crippen molar-refractivity contribution in [1.82, 2.24) is 15.1 Å². The number of halogens is 1. The smallest absolute Gasteiger partial charge is 0.331 e. The molecule has 4 rings (SSSR count). The van der Waals surface area contributed by atoms with Crippen molar-refractivity contribution >= 4 is 35.3 Å². The molecule has 10 nitrogen and oxygen atoms in total. The molecule has 3 aromatic carbocycles. The fourth-order valence-corrected chi connectivity index (χ4v) is 3.82. The molecular formula is C26H24ClN5O5. The van der Waals surface area contributed by atoms with Crippen LogP contribution in [0.2, 0.25) is 5.02 Å². The van der Waals surface area contributed by atoms with Crippen LogP contribution in [-0.4, -0.2) is 40.6 Å². The number of benzene rings is 3. The maximum atomic E-state index is 13.4.